The maximum atomic E-state index is 4.46. The topological polar surface area (TPSA) is 61.6 Å². The SMILES string of the molecule is CCN(CC)CC1CCN(C(=NC)NCCCCn2cnnc2)C1.I. The summed E-state index contributed by atoms with van der Waals surface area (Å²) in [4.78, 5) is 9.40. The van der Waals surface area contributed by atoms with Crippen LogP contribution in [0.1, 0.15) is 33.1 Å². The zero-order chi connectivity index (χ0) is 17.2. The highest BCUT2D eigenvalue weighted by atomic mass is 127. The van der Waals surface area contributed by atoms with Gasteiger partial charge < -0.3 is 19.7 Å². The van der Waals surface area contributed by atoms with Gasteiger partial charge in [-0.05, 0) is 38.3 Å². The van der Waals surface area contributed by atoms with Crippen molar-refractivity contribution in [3.63, 3.8) is 0 Å². The minimum atomic E-state index is 0. The summed E-state index contributed by atoms with van der Waals surface area (Å²) in [5, 5.41) is 11.2. The molecular formula is C17H34IN7. The summed E-state index contributed by atoms with van der Waals surface area (Å²) in [7, 11) is 1.89. The molecule has 0 saturated carbocycles. The van der Waals surface area contributed by atoms with Crippen LogP contribution >= 0.6 is 24.0 Å². The second-order valence-corrected chi connectivity index (χ2v) is 6.47. The fourth-order valence-electron chi connectivity index (χ4n) is 3.31. The number of hydrogen-bond donors (Lipinski definition) is 1. The molecule has 1 aliphatic rings. The first kappa shape index (κ1) is 22.1. The van der Waals surface area contributed by atoms with Crippen molar-refractivity contribution in [2.45, 2.75) is 39.7 Å². The molecule has 1 fully saturated rings. The monoisotopic (exact) mass is 463 g/mol. The van der Waals surface area contributed by atoms with Crippen LogP contribution in [-0.2, 0) is 6.54 Å². The van der Waals surface area contributed by atoms with Crippen molar-refractivity contribution in [1.82, 2.24) is 29.9 Å². The Kier molecular flexibility index (Phi) is 11.0. The number of unbranched alkanes of at least 4 members (excludes halogenated alkanes) is 1. The van der Waals surface area contributed by atoms with Gasteiger partial charge in [0.05, 0.1) is 0 Å². The van der Waals surface area contributed by atoms with Gasteiger partial charge in [-0.1, -0.05) is 13.8 Å². The van der Waals surface area contributed by atoms with Crippen molar-refractivity contribution < 1.29 is 0 Å². The van der Waals surface area contributed by atoms with Gasteiger partial charge in [0.25, 0.3) is 0 Å². The third-order valence-electron chi connectivity index (χ3n) is 4.80. The van der Waals surface area contributed by atoms with E-state index in [4.69, 9.17) is 0 Å². The molecule has 0 amide bonds. The van der Waals surface area contributed by atoms with E-state index in [1.165, 1.54) is 13.0 Å². The number of aryl methyl sites for hydroxylation is 1. The van der Waals surface area contributed by atoms with Gasteiger partial charge in [0.2, 0.25) is 0 Å². The Bertz CT molecular complexity index is 473. The molecule has 1 N–H and O–H groups in total. The van der Waals surface area contributed by atoms with Crippen molar-refractivity contribution >= 4 is 29.9 Å². The normalized spacial score (nSPS) is 17.8. The van der Waals surface area contributed by atoms with E-state index in [9.17, 15) is 0 Å². The van der Waals surface area contributed by atoms with Gasteiger partial charge in [-0.2, -0.15) is 0 Å². The van der Waals surface area contributed by atoms with Crippen LogP contribution in [0, 0.1) is 5.92 Å². The summed E-state index contributed by atoms with van der Waals surface area (Å²) in [6.45, 7) is 12.2. The first-order valence-electron chi connectivity index (χ1n) is 9.27. The van der Waals surface area contributed by atoms with Crippen molar-refractivity contribution in [1.29, 1.82) is 0 Å². The Labute approximate surface area is 169 Å². The Hall–Kier alpha value is -0.900. The number of aromatic nitrogens is 3. The highest BCUT2D eigenvalue weighted by Gasteiger charge is 2.25. The summed E-state index contributed by atoms with van der Waals surface area (Å²) >= 11 is 0. The third-order valence-corrected chi connectivity index (χ3v) is 4.80. The Morgan fingerprint density at radius 3 is 2.60 bits per heavy atom. The number of nitrogens with zero attached hydrogens (tertiary/aromatic N) is 6. The fourth-order valence-corrected chi connectivity index (χ4v) is 3.31. The van der Waals surface area contributed by atoms with Crippen molar-refractivity contribution in [2.75, 3.05) is 46.3 Å². The van der Waals surface area contributed by atoms with Crippen LogP contribution in [0.25, 0.3) is 0 Å². The second-order valence-electron chi connectivity index (χ2n) is 6.47. The van der Waals surface area contributed by atoms with Crippen LogP contribution in [0.15, 0.2) is 17.6 Å². The maximum Gasteiger partial charge on any atom is 0.193 e. The average molecular weight is 463 g/mol. The van der Waals surface area contributed by atoms with Gasteiger partial charge in [-0.3, -0.25) is 4.99 Å². The van der Waals surface area contributed by atoms with Crippen LogP contribution in [0.3, 0.4) is 0 Å². The zero-order valence-electron chi connectivity index (χ0n) is 15.9. The van der Waals surface area contributed by atoms with Gasteiger partial charge in [0.15, 0.2) is 5.96 Å². The molecule has 1 atom stereocenters. The smallest absolute Gasteiger partial charge is 0.193 e. The molecule has 0 aliphatic carbocycles. The third kappa shape index (κ3) is 7.47. The van der Waals surface area contributed by atoms with E-state index in [1.807, 2.05) is 11.6 Å². The van der Waals surface area contributed by atoms with Crippen molar-refractivity contribution in [3.05, 3.63) is 12.7 Å². The molecule has 0 aromatic carbocycles. The second kappa shape index (κ2) is 12.5. The molecule has 7 nitrogen and oxygen atoms in total. The number of likely N-dealkylation sites (tertiary alicyclic amines) is 1. The van der Waals surface area contributed by atoms with Crippen LogP contribution < -0.4 is 5.32 Å². The molecule has 25 heavy (non-hydrogen) atoms. The zero-order valence-corrected chi connectivity index (χ0v) is 18.2. The number of halogens is 1. The van der Waals surface area contributed by atoms with Crippen molar-refractivity contribution in [3.8, 4) is 0 Å². The van der Waals surface area contributed by atoms with Gasteiger partial charge in [0, 0.05) is 39.8 Å². The van der Waals surface area contributed by atoms with E-state index in [0.29, 0.717) is 0 Å². The molecule has 0 radical (unpaired) electrons. The molecule has 1 unspecified atom stereocenters. The fraction of sp³-hybridized carbons (Fsp3) is 0.824. The van der Waals surface area contributed by atoms with E-state index in [-0.39, 0.29) is 24.0 Å². The molecule has 1 saturated heterocycles. The van der Waals surface area contributed by atoms with Crippen LogP contribution in [-0.4, -0.2) is 76.8 Å². The van der Waals surface area contributed by atoms with Crippen LogP contribution in [0.5, 0.6) is 0 Å². The predicted molar refractivity (Wildman–Crippen MR) is 114 cm³/mol. The summed E-state index contributed by atoms with van der Waals surface area (Å²) in [5.74, 6) is 1.82. The highest BCUT2D eigenvalue weighted by Crippen LogP contribution is 2.17. The molecule has 1 aromatic rings. The standard InChI is InChI=1S/C17H33N7.HI/c1-4-22(5-2)12-16-8-11-24(13-16)17(18-3)19-9-6-7-10-23-14-20-21-15-23;/h14-16H,4-13H2,1-3H3,(H,18,19);1H. The minimum absolute atomic E-state index is 0. The Morgan fingerprint density at radius 2 is 1.96 bits per heavy atom. The molecule has 8 heteroatoms. The first-order chi connectivity index (χ1) is 11.8. The molecule has 144 valence electrons. The summed E-state index contributed by atoms with van der Waals surface area (Å²) in [5.41, 5.74) is 0. The van der Waals surface area contributed by atoms with Gasteiger partial charge in [0.1, 0.15) is 12.7 Å². The molecular weight excluding hydrogens is 429 g/mol. The van der Waals surface area contributed by atoms with Gasteiger partial charge in [-0.15, -0.1) is 34.2 Å². The molecule has 2 rings (SSSR count). The summed E-state index contributed by atoms with van der Waals surface area (Å²) in [6, 6.07) is 0. The van der Waals surface area contributed by atoms with E-state index in [2.05, 4.69) is 44.2 Å². The number of rotatable bonds is 9. The van der Waals surface area contributed by atoms with Crippen molar-refractivity contribution in [2.24, 2.45) is 10.9 Å². The van der Waals surface area contributed by atoms with E-state index >= 15 is 0 Å². The lowest BCUT2D eigenvalue weighted by molar-refractivity contribution is 0.255. The number of guanidine groups is 1. The van der Waals surface area contributed by atoms with E-state index < -0.39 is 0 Å². The lowest BCUT2D eigenvalue weighted by Gasteiger charge is -2.24. The summed E-state index contributed by atoms with van der Waals surface area (Å²) in [6.07, 6.45) is 7.05. The molecule has 1 aliphatic heterocycles. The Morgan fingerprint density at radius 1 is 1.24 bits per heavy atom. The lowest BCUT2D eigenvalue weighted by atomic mass is 10.1. The van der Waals surface area contributed by atoms with Crippen LogP contribution in [0.4, 0.5) is 0 Å². The molecule has 1 aromatic heterocycles. The van der Waals surface area contributed by atoms with Crippen LogP contribution in [0.2, 0.25) is 0 Å². The highest BCUT2D eigenvalue weighted by molar-refractivity contribution is 14.0. The average Bonchev–Trinajstić information content (AvgIpc) is 3.28. The minimum Gasteiger partial charge on any atom is -0.356 e. The molecule has 2 heterocycles. The predicted octanol–water partition coefficient (Wildman–Crippen LogP) is 1.92. The lowest BCUT2D eigenvalue weighted by Crippen LogP contribution is -2.41. The number of nitrogens with one attached hydrogen (secondary N) is 1. The largest absolute Gasteiger partial charge is 0.356 e. The number of aliphatic imine (C=N–C) groups is 1. The first-order valence-corrected chi connectivity index (χ1v) is 9.27. The molecule has 0 spiro atoms. The van der Waals surface area contributed by atoms with E-state index in [1.54, 1.807) is 12.7 Å². The van der Waals surface area contributed by atoms with Gasteiger partial charge >= 0.3 is 0 Å². The Balaban J connectivity index is 0.00000312. The quantitative estimate of drug-likeness (QED) is 0.263. The maximum absolute atomic E-state index is 4.46. The van der Waals surface area contributed by atoms with Gasteiger partial charge in [-0.25, -0.2) is 0 Å². The van der Waals surface area contributed by atoms with E-state index in [0.717, 1.165) is 64.0 Å². The summed E-state index contributed by atoms with van der Waals surface area (Å²) < 4.78 is 2.02. The number of hydrogen-bond acceptors (Lipinski definition) is 4. The molecule has 0 bridgehead atoms.